The lowest BCUT2D eigenvalue weighted by molar-refractivity contribution is 0.0775. The number of amides is 2. The molecule has 1 aromatic rings. The molecule has 1 N–H and O–H groups in total. The first-order chi connectivity index (χ1) is 9.02. The second kappa shape index (κ2) is 5.04. The number of alkyl halides is 3. The molecular weight excluding hydrogens is 373 g/mol. The van der Waals surface area contributed by atoms with Crippen LogP contribution in [0.3, 0.4) is 0 Å². The molecule has 1 aromatic carbocycles. The van der Waals surface area contributed by atoms with Crippen LogP contribution in [-0.4, -0.2) is 32.2 Å². The summed E-state index contributed by atoms with van der Waals surface area (Å²) in [5.41, 5.74) is -0.631. The Morgan fingerprint density at radius 3 is 2.25 bits per heavy atom. The average Bonchev–Trinajstić information content (AvgIpc) is 2.52. The summed E-state index contributed by atoms with van der Waals surface area (Å²) in [6, 6.07) is 3.46. The highest BCUT2D eigenvalue weighted by molar-refractivity contribution is 8.03. The van der Waals surface area contributed by atoms with Gasteiger partial charge in [0, 0.05) is 11.9 Å². The summed E-state index contributed by atoms with van der Waals surface area (Å²) in [6.45, 7) is 0. The lowest BCUT2D eigenvalue weighted by Crippen LogP contribution is -2.25. The minimum atomic E-state index is -4.66. The lowest BCUT2D eigenvalue weighted by atomic mass is 10.1. The Kier molecular flexibility index (Phi) is 4.00. The van der Waals surface area contributed by atoms with Gasteiger partial charge in [0.1, 0.15) is 4.90 Å². The molecule has 0 radical (unpaired) electrons. The van der Waals surface area contributed by atoms with Gasteiger partial charge in [0.15, 0.2) is 0 Å². The van der Waals surface area contributed by atoms with E-state index in [1.54, 1.807) is 0 Å². The molecule has 2 rings (SSSR count). The maximum absolute atomic E-state index is 12.1. The van der Waals surface area contributed by atoms with E-state index in [0.717, 1.165) is 6.07 Å². The van der Waals surface area contributed by atoms with Crippen LogP contribution in [-0.2, 0) is 10.1 Å². The molecule has 2 amide bonds. The maximum atomic E-state index is 12.1. The van der Waals surface area contributed by atoms with Gasteiger partial charge >= 0.3 is 0 Å². The predicted octanol–water partition coefficient (Wildman–Crippen LogP) is 2.51. The highest BCUT2D eigenvalue weighted by Gasteiger charge is 2.43. The first kappa shape index (κ1) is 15.9. The number of hydrogen-bond donors (Lipinski definition) is 1. The Morgan fingerprint density at radius 2 is 1.75 bits per heavy atom. The van der Waals surface area contributed by atoms with Gasteiger partial charge in [-0.05, 0) is 12.1 Å². The van der Waals surface area contributed by atoms with Crippen molar-refractivity contribution in [1.82, 2.24) is 4.31 Å². The fraction of sp³-hybridized carbons (Fsp3) is 0.111. The van der Waals surface area contributed by atoms with Crippen LogP contribution in [0.2, 0.25) is 0 Å². The van der Waals surface area contributed by atoms with Crippen molar-refractivity contribution in [2.75, 3.05) is 0 Å². The van der Waals surface area contributed by atoms with Crippen molar-refractivity contribution in [3.05, 3.63) is 29.3 Å². The standard InChI is InChI=1S/C9H4Cl3NO5S2/c10-9(11,12)19-13-7(14)4-2-1-3-5(20(16,17)18)6(4)8(13)15/h1-3H,(H,16,17,18). The Hall–Kier alpha value is -0.510. The fourth-order valence-corrected chi connectivity index (χ4v) is 3.52. The minimum Gasteiger partial charge on any atom is -0.282 e. The molecule has 0 saturated carbocycles. The molecule has 0 aliphatic carbocycles. The number of carbonyl (C=O) groups excluding carboxylic acids is 2. The Labute approximate surface area is 132 Å². The maximum Gasteiger partial charge on any atom is 0.295 e. The molecule has 1 aliphatic heterocycles. The van der Waals surface area contributed by atoms with Gasteiger partial charge in [-0.25, -0.2) is 4.31 Å². The van der Waals surface area contributed by atoms with Gasteiger partial charge in [0.05, 0.1) is 11.1 Å². The van der Waals surface area contributed by atoms with Gasteiger partial charge in [-0.15, -0.1) is 0 Å². The highest BCUT2D eigenvalue weighted by atomic mass is 35.6. The molecule has 0 spiro atoms. The van der Waals surface area contributed by atoms with Crippen molar-refractivity contribution in [2.24, 2.45) is 0 Å². The van der Waals surface area contributed by atoms with E-state index in [-0.39, 0.29) is 5.56 Å². The number of nitrogens with zero attached hydrogens (tertiary/aromatic N) is 1. The average molecular weight is 377 g/mol. The van der Waals surface area contributed by atoms with E-state index in [1.807, 2.05) is 0 Å². The predicted molar refractivity (Wildman–Crippen MR) is 74.6 cm³/mol. The number of halogens is 3. The lowest BCUT2D eigenvalue weighted by Gasteiger charge is -2.17. The molecule has 6 nitrogen and oxygen atoms in total. The first-order valence-corrected chi connectivity index (χ1v) is 8.12. The summed E-state index contributed by atoms with van der Waals surface area (Å²) in [7, 11) is -4.66. The van der Waals surface area contributed by atoms with E-state index in [9.17, 15) is 18.0 Å². The van der Waals surface area contributed by atoms with Gasteiger partial charge in [-0.2, -0.15) is 8.42 Å². The number of imide groups is 1. The van der Waals surface area contributed by atoms with E-state index in [4.69, 9.17) is 39.4 Å². The van der Waals surface area contributed by atoms with Gasteiger partial charge in [0.25, 0.3) is 25.1 Å². The third-order valence-electron chi connectivity index (χ3n) is 2.31. The summed E-state index contributed by atoms with van der Waals surface area (Å²) in [6.07, 6.45) is 0. The third-order valence-corrected chi connectivity index (χ3v) is 4.55. The van der Waals surface area contributed by atoms with Gasteiger partial charge in [-0.1, -0.05) is 40.9 Å². The molecule has 0 fully saturated rings. The number of fused-ring (bicyclic) bond motifs is 1. The topological polar surface area (TPSA) is 91.7 Å². The first-order valence-electron chi connectivity index (χ1n) is 4.77. The van der Waals surface area contributed by atoms with Crippen LogP contribution in [0.5, 0.6) is 0 Å². The molecule has 11 heteroatoms. The van der Waals surface area contributed by atoms with Gasteiger partial charge in [0.2, 0.25) is 0 Å². The van der Waals surface area contributed by atoms with Crippen LogP contribution >= 0.6 is 46.8 Å². The van der Waals surface area contributed by atoms with Crippen molar-refractivity contribution in [3.63, 3.8) is 0 Å². The summed E-state index contributed by atoms with van der Waals surface area (Å²) >= 11 is 16.8. The molecule has 0 saturated heterocycles. The second-order valence-corrected chi connectivity index (χ2v) is 9.10. The zero-order valence-corrected chi connectivity index (χ0v) is 13.1. The van der Waals surface area contributed by atoms with Crippen molar-refractivity contribution in [2.45, 2.75) is 8.02 Å². The van der Waals surface area contributed by atoms with E-state index in [0.29, 0.717) is 16.3 Å². The molecule has 1 heterocycles. The van der Waals surface area contributed by atoms with Crippen LogP contribution in [0.25, 0.3) is 0 Å². The quantitative estimate of drug-likeness (QED) is 0.369. The number of rotatable bonds is 2. The molecule has 0 atom stereocenters. The molecule has 0 aromatic heterocycles. The van der Waals surface area contributed by atoms with Crippen molar-refractivity contribution in [3.8, 4) is 0 Å². The van der Waals surface area contributed by atoms with Crippen molar-refractivity contribution in [1.29, 1.82) is 0 Å². The molecule has 0 bridgehead atoms. The van der Waals surface area contributed by atoms with Crippen LogP contribution in [0.1, 0.15) is 20.7 Å². The smallest absolute Gasteiger partial charge is 0.282 e. The minimum absolute atomic E-state index is 0.188. The molecule has 20 heavy (non-hydrogen) atoms. The third kappa shape index (κ3) is 2.90. The second-order valence-electron chi connectivity index (χ2n) is 3.60. The highest BCUT2D eigenvalue weighted by Crippen LogP contribution is 2.44. The van der Waals surface area contributed by atoms with E-state index in [2.05, 4.69) is 0 Å². The number of hydrogen-bond acceptors (Lipinski definition) is 5. The summed E-state index contributed by atoms with van der Waals surface area (Å²) in [4.78, 5) is 23.4. The zero-order valence-electron chi connectivity index (χ0n) is 9.21. The molecular formula is C9H4Cl3NO5S2. The largest absolute Gasteiger partial charge is 0.295 e. The van der Waals surface area contributed by atoms with E-state index >= 15 is 0 Å². The summed E-state index contributed by atoms with van der Waals surface area (Å²) in [5, 5.41) is 0. The normalized spacial score (nSPS) is 15.7. The fourth-order valence-electron chi connectivity index (χ4n) is 1.63. The van der Waals surface area contributed by atoms with E-state index < -0.39 is 35.5 Å². The summed E-state index contributed by atoms with van der Waals surface area (Å²) < 4.78 is 30.1. The molecule has 108 valence electrons. The van der Waals surface area contributed by atoms with Crippen molar-refractivity contribution < 1.29 is 22.6 Å². The van der Waals surface area contributed by atoms with Crippen LogP contribution in [0.15, 0.2) is 23.1 Å². The Morgan fingerprint density at radius 1 is 1.15 bits per heavy atom. The molecule has 1 aliphatic rings. The Bertz CT molecular complexity index is 713. The Balaban J connectivity index is 2.58. The van der Waals surface area contributed by atoms with Gasteiger partial charge in [-0.3, -0.25) is 14.1 Å². The van der Waals surface area contributed by atoms with Crippen LogP contribution < -0.4 is 0 Å². The monoisotopic (exact) mass is 375 g/mol. The van der Waals surface area contributed by atoms with Gasteiger partial charge < -0.3 is 0 Å². The van der Waals surface area contributed by atoms with Crippen molar-refractivity contribution >= 4 is 68.7 Å². The zero-order chi connectivity index (χ0) is 15.3. The number of benzene rings is 1. The number of carbonyl (C=O) groups is 2. The molecule has 0 unspecified atom stereocenters. The summed E-state index contributed by atoms with van der Waals surface area (Å²) in [5.74, 6) is -1.80. The van der Waals surface area contributed by atoms with E-state index in [1.165, 1.54) is 12.1 Å². The van der Waals surface area contributed by atoms with Crippen LogP contribution in [0.4, 0.5) is 0 Å². The SMILES string of the molecule is O=C1c2cccc(S(=O)(=O)O)c2C(=O)N1SC(Cl)(Cl)Cl. The van der Waals surface area contributed by atoms with Crippen LogP contribution in [0, 0.1) is 0 Å².